The van der Waals surface area contributed by atoms with Crippen LogP contribution in [0.3, 0.4) is 0 Å². The molecule has 23 heavy (non-hydrogen) atoms. The SMILES string of the molecule is COc1ccc(OC)c(NC(=O)Cc2c[nH]c3ccccc23)c1. The first kappa shape index (κ1) is 15.0. The molecule has 3 rings (SSSR count). The third kappa shape index (κ3) is 3.13. The lowest BCUT2D eigenvalue weighted by molar-refractivity contribution is -0.115. The van der Waals surface area contributed by atoms with Crippen molar-refractivity contribution in [1.29, 1.82) is 0 Å². The van der Waals surface area contributed by atoms with E-state index in [4.69, 9.17) is 9.47 Å². The first-order valence-electron chi connectivity index (χ1n) is 7.28. The van der Waals surface area contributed by atoms with Gasteiger partial charge in [0.05, 0.1) is 26.3 Å². The van der Waals surface area contributed by atoms with Gasteiger partial charge in [-0.2, -0.15) is 0 Å². The van der Waals surface area contributed by atoms with Crippen molar-refractivity contribution >= 4 is 22.5 Å². The van der Waals surface area contributed by atoms with Crippen LogP contribution in [0.25, 0.3) is 10.9 Å². The molecule has 1 aromatic heterocycles. The number of para-hydroxylation sites is 1. The summed E-state index contributed by atoms with van der Waals surface area (Å²) in [4.78, 5) is 15.5. The number of benzene rings is 2. The van der Waals surface area contributed by atoms with Gasteiger partial charge in [0.15, 0.2) is 0 Å². The van der Waals surface area contributed by atoms with Crippen LogP contribution in [0, 0.1) is 0 Å². The van der Waals surface area contributed by atoms with E-state index in [0.29, 0.717) is 17.2 Å². The van der Waals surface area contributed by atoms with E-state index < -0.39 is 0 Å². The smallest absolute Gasteiger partial charge is 0.228 e. The molecule has 1 amide bonds. The van der Waals surface area contributed by atoms with E-state index in [1.54, 1.807) is 32.4 Å². The van der Waals surface area contributed by atoms with Crippen LogP contribution in [0.15, 0.2) is 48.7 Å². The number of rotatable bonds is 5. The van der Waals surface area contributed by atoms with Gasteiger partial charge >= 0.3 is 0 Å². The Bertz CT molecular complexity index is 839. The molecule has 5 heteroatoms. The Morgan fingerprint density at radius 3 is 2.74 bits per heavy atom. The van der Waals surface area contributed by atoms with Gasteiger partial charge in [0.2, 0.25) is 5.91 Å². The summed E-state index contributed by atoms with van der Waals surface area (Å²) in [6.07, 6.45) is 2.15. The second kappa shape index (κ2) is 6.44. The van der Waals surface area contributed by atoms with Gasteiger partial charge in [0, 0.05) is 23.2 Å². The number of aromatic nitrogens is 1. The van der Waals surface area contributed by atoms with Crippen LogP contribution >= 0.6 is 0 Å². The Morgan fingerprint density at radius 1 is 1.13 bits per heavy atom. The summed E-state index contributed by atoms with van der Waals surface area (Å²) in [7, 11) is 3.15. The molecule has 0 aliphatic carbocycles. The number of fused-ring (bicyclic) bond motifs is 1. The number of nitrogens with one attached hydrogen (secondary N) is 2. The minimum absolute atomic E-state index is 0.110. The number of aromatic amines is 1. The van der Waals surface area contributed by atoms with Gasteiger partial charge in [0.1, 0.15) is 11.5 Å². The Labute approximate surface area is 134 Å². The minimum Gasteiger partial charge on any atom is -0.497 e. The molecule has 5 nitrogen and oxygen atoms in total. The number of carbonyl (C=O) groups is 1. The van der Waals surface area contributed by atoms with Crippen LogP contribution in [-0.4, -0.2) is 25.1 Å². The van der Waals surface area contributed by atoms with Crippen molar-refractivity contribution in [3.05, 3.63) is 54.2 Å². The molecule has 1 heterocycles. The molecule has 0 saturated carbocycles. The zero-order valence-corrected chi connectivity index (χ0v) is 13.1. The maximum atomic E-state index is 12.4. The second-order valence-corrected chi connectivity index (χ2v) is 5.15. The predicted octanol–water partition coefficient (Wildman–Crippen LogP) is 3.37. The van der Waals surface area contributed by atoms with Gasteiger partial charge in [0.25, 0.3) is 0 Å². The third-order valence-corrected chi connectivity index (χ3v) is 3.71. The molecule has 0 aliphatic rings. The highest BCUT2D eigenvalue weighted by atomic mass is 16.5. The van der Waals surface area contributed by atoms with Crippen LogP contribution < -0.4 is 14.8 Å². The molecule has 0 radical (unpaired) electrons. The molecule has 0 fully saturated rings. The van der Waals surface area contributed by atoms with Gasteiger partial charge < -0.3 is 19.8 Å². The second-order valence-electron chi connectivity index (χ2n) is 5.15. The summed E-state index contributed by atoms with van der Waals surface area (Å²) < 4.78 is 10.5. The number of hydrogen-bond acceptors (Lipinski definition) is 3. The average molecular weight is 310 g/mol. The van der Waals surface area contributed by atoms with E-state index in [9.17, 15) is 4.79 Å². The van der Waals surface area contributed by atoms with Crippen LogP contribution in [0.2, 0.25) is 0 Å². The Kier molecular flexibility index (Phi) is 4.19. The van der Waals surface area contributed by atoms with E-state index in [2.05, 4.69) is 10.3 Å². The fourth-order valence-corrected chi connectivity index (χ4v) is 2.56. The number of hydrogen-bond donors (Lipinski definition) is 2. The van der Waals surface area contributed by atoms with Gasteiger partial charge in [-0.1, -0.05) is 18.2 Å². The Morgan fingerprint density at radius 2 is 1.96 bits per heavy atom. The standard InChI is InChI=1S/C18H18N2O3/c1-22-13-7-8-17(23-2)16(10-13)20-18(21)9-12-11-19-15-6-4-3-5-14(12)15/h3-8,10-11,19H,9H2,1-2H3,(H,20,21). The molecule has 2 N–H and O–H groups in total. The largest absolute Gasteiger partial charge is 0.497 e. The fourth-order valence-electron chi connectivity index (χ4n) is 2.56. The van der Waals surface area contributed by atoms with Crippen molar-refractivity contribution < 1.29 is 14.3 Å². The molecule has 0 unspecified atom stereocenters. The number of H-pyrrole nitrogens is 1. The number of anilines is 1. The van der Waals surface area contributed by atoms with E-state index in [1.165, 1.54) is 0 Å². The van der Waals surface area contributed by atoms with E-state index in [0.717, 1.165) is 16.5 Å². The summed E-state index contributed by atoms with van der Waals surface area (Å²) in [6, 6.07) is 13.2. The molecule has 0 atom stereocenters. The van der Waals surface area contributed by atoms with Crippen molar-refractivity contribution in [2.75, 3.05) is 19.5 Å². The minimum atomic E-state index is -0.110. The zero-order valence-electron chi connectivity index (χ0n) is 13.1. The fraction of sp³-hybridized carbons (Fsp3) is 0.167. The molecule has 2 aromatic carbocycles. The normalized spacial score (nSPS) is 10.5. The maximum Gasteiger partial charge on any atom is 0.228 e. The Balaban J connectivity index is 1.79. The average Bonchev–Trinajstić information content (AvgIpc) is 2.98. The molecule has 0 aliphatic heterocycles. The van der Waals surface area contributed by atoms with Crippen LogP contribution in [0.4, 0.5) is 5.69 Å². The van der Waals surface area contributed by atoms with E-state index in [-0.39, 0.29) is 12.3 Å². The summed E-state index contributed by atoms with van der Waals surface area (Å²) in [5.41, 5.74) is 2.57. The van der Waals surface area contributed by atoms with Crippen molar-refractivity contribution in [3.63, 3.8) is 0 Å². The van der Waals surface area contributed by atoms with Crippen LogP contribution in [-0.2, 0) is 11.2 Å². The van der Waals surface area contributed by atoms with Crippen molar-refractivity contribution in [2.45, 2.75) is 6.42 Å². The van der Waals surface area contributed by atoms with Gasteiger partial charge in [-0.3, -0.25) is 4.79 Å². The molecule has 3 aromatic rings. The van der Waals surface area contributed by atoms with Crippen LogP contribution in [0.5, 0.6) is 11.5 Å². The molecular formula is C18H18N2O3. The molecule has 118 valence electrons. The lowest BCUT2D eigenvalue weighted by Crippen LogP contribution is -2.15. The van der Waals surface area contributed by atoms with E-state index >= 15 is 0 Å². The highest BCUT2D eigenvalue weighted by Gasteiger charge is 2.12. The number of ether oxygens (including phenoxy) is 2. The lowest BCUT2D eigenvalue weighted by Gasteiger charge is -2.11. The summed E-state index contributed by atoms with van der Waals surface area (Å²) >= 11 is 0. The van der Waals surface area contributed by atoms with Gasteiger partial charge in [-0.15, -0.1) is 0 Å². The summed E-state index contributed by atoms with van der Waals surface area (Å²) in [5, 5.41) is 3.94. The monoisotopic (exact) mass is 310 g/mol. The number of carbonyl (C=O) groups excluding carboxylic acids is 1. The first-order valence-corrected chi connectivity index (χ1v) is 7.28. The van der Waals surface area contributed by atoms with E-state index in [1.807, 2.05) is 30.5 Å². The Hall–Kier alpha value is -2.95. The van der Waals surface area contributed by atoms with Crippen LogP contribution in [0.1, 0.15) is 5.56 Å². The van der Waals surface area contributed by atoms with Gasteiger partial charge in [-0.05, 0) is 23.8 Å². The van der Waals surface area contributed by atoms with Crippen molar-refractivity contribution in [3.8, 4) is 11.5 Å². The van der Waals surface area contributed by atoms with Crippen molar-refractivity contribution in [1.82, 2.24) is 4.98 Å². The molecular weight excluding hydrogens is 292 g/mol. The molecule has 0 spiro atoms. The summed E-state index contributed by atoms with van der Waals surface area (Å²) in [6.45, 7) is 0. The quantitative estimate of drug-likeness (QED) is 0.759. The highest BCUT2D eigenvalue weighted by molar-refractivity contribution is 5.96. The van der Waals surface area contributed by atoms with Crippen molar-refractivity contribution in [2.24, 2.45) is 0 Å². The topological polar surface area (TPSA) is 63.4 Å². The third-order valence-electron chi connectivity index (χ3n) is 3.71. The highest BCUT2D eigenvalue weighted by Crippen LogP contribution is 2.29. The summed E-state index contributed by atoms with van der Waals surface area (Å²) in [5.74, 6) is 1.15. The number of amides is 1. The first-order chi connectivity index (χ1) is 11.2. The molecule has 0 saturated heterocycles. The zero-order chi connectivity index (χ0) is 16.2. The maximum absolute atomic E-state index is 12.4. The van der Waals surface area contributed by atoms with Gasteiger partial charge in [-0.25, -0.2) is 0 Å². The predicted molar refractivity (Wildman–Crippen MR) is 90.2 cm³/mol. The molecule has 0 bridgehead atoms. The number of methoxy groups -OCH3 is 2. The lowest BCUT2D eigenvalue weighted by atomic mass is 10.1.